The number of fused-ring (bicyclic) bond motifs is 4. The molecular weight excluding hydrogens is 538 g/mol. The van der Waals surface area contributed by atoms with E-state index in [1.54, 1.807) is 12.1 Å². The molecule has 1 aromatic heterocycles. The maximum atomic E-state index is 14.5. The van der Waals surface area contributed by atoms with Crippen molar-refractivity contribution >= 4 is 35.0 Å². The molecule has 5 nitrogen and oxygen atoms in total. The van der Waals surface area contributed by atoms with E-state index in [9.17, 15) is 9.59 Å². The first-order valence-corrected chi connectivity index (χ1v) is 15.4. The predicted molar refractivity (Wildman–Crippen MR) is 163 cm³/mol. The Morgan fingerprint density at radius 1 is 0.950 bits per heavy atom. The number of carbonyl (C=O) groups is 1. The number of hydrogen-bond donors (Lipinski definition) is 1. The van der Waals surface area contributed by atoms with Crippen molar-refractivity contribution in [2.24, 2.45) is 0 Å². The van der Waals surface area contributed by atoms with Gasteiger partial charge in [0.15, 0.2) is 5.16 Å². The first kappa shape index (κ1) is 26.9. The topological polar surface area (TPSA) is 64.0 Å². The second-order valence-electron chi connectivity index (χ2n) is 10.8. The van der Waals surface area contributed by atoms with E-state index < -0.39 is 0 Å². The smallest absolute Gasteiger partial charge is 0.258 e. The van der Waals surface area contributed by atoms with Gasteiger partial charge in [-0.1, -0.05) is 109 Å². The number of thioether (sulfide) groups is 1. The predicted octanol–water partition coefficient (Wildman–Crippen LogP) is 7.30. The molecule has 204 valence electrons. The lowest BCUT2D eigenvalue weighted by molar-refractivity contribution is -0.113. The summed E-state index contributed by atoms with van der Waals surface area (Å²) in [5.41, 5.74) is 5.60. The maximum Gasteiger partial charge on any atom is 0.258 e. The third-order valence-electron chi connectivity index (χ3n) is 8.22. The number of para-hydroxylation sites is 1. The van der Waals surface area contributed by atoms with E-state index in [2.05, 4.69) is 35.6 Å². The highest BCUT2D eigenvalue weighted by Crippen LogP contribution is 2.48. The Kier molecular flexibility index (Phi) is 7.81. The van der Waals surface area contributed by atoms with Crippen molar-refractivity contribution < 1.29 is 4.79 Å². The molecule has 1 N–H and O–H groups in total. The molecule has 0 bridgehead atoms. The van der Waals surface area contributed by atoms with E-state index in [4.69, 9.17) is 16.6 Å². The molecule has 0 radical (unpaired) electrons. The minimum absolute atomic E-state index is 0.0475. The number of amides is 1. The van der Waals surface area contributed by atoms with E-state index in [1.807, 2.05) is 41.0 Å². The Balaban J connectivity index is 1.40. The lowest BCUT2D eigenvalue weighted by atomic mass is 9.62. The summed E-state index contributed by atoms with van der Waals surface area (Å²) in [6.45, 7) is 0.509. The fraction of sp³-hybridized carbons (Fsp3) is 0.303. The van der Waals surface area contributed by atoms with E-state index in [-0.39, 0.29) is 22.6 Å². The van der Waals surface area contributed by atoms with Gasteiger partial charge in [0.1, 0.15) is 0 Å². The van der Waals surface area contributed by atoms with Crippen LogP contribution in [0.25, 0.3) is 11.3 Å². The number of hydrogen-bond acceptors (Lipinski definition) is 4. The van der Waals surface area contributed by atoms with Gasteiger partial charge in [-0.05, 0) is 48.9 Å². The Bertz CT molecular complexity index is 1600. The molecule has 1 fully saturated rings. The van der Waals surface area contributed by atoms with Crippen LogP contribution in [-0.4, -0.2) is 21.2 Å². The van der Waals surface area contributed by atoms with Crippen molar-refractivity contribution in [3.05, 3.63) is 111 Å². The van der Waals surface area contributed by atoms with Gasteiger partial charge in [-0.25, -0.2) is 4.98 Å². The summed E-state index contributed by atoms with van der Waals surface area (Å²) >= 11 is 7.56. The van der Waals surface area contributed by atoms with Crippen LogP contribution in [0.1, 0.15) is 48.8 Å². The number of nitrogens with zero attached hydrogens (tertiary/aromatic N) is 2. The van der Waals surface area contributed by atoms with Crippen molar-refractivity contribution in [1.82, 2.24) is 9.55 Å². The van der Waals surface area contributed by atoms with Crippen LogP contribution in [0.15, 0.2) is 88.8 Å². The summed E-state index contributed by atoms with van der Waals surface area (Å²) in [6, 6.07) is 25.8. The van der Waals surface area contributed by atoms with Gasteiger partial charge >= 0.3 is 0 Å². The Morgan fingerprint density at radius 2 is 1.68 bits per heavy atom. The third kappa shape index (κ3) is 5.35. The number of benzene rings is 3. The summed E-state index contributed by atoms with van der Waals surface area (Å²) in [4.78, 5) is 32.6. The second kappa shape index (κ2) is 11.6. The molecule has 7 heteroatoms. The summed E-state index contributed by atoms with van der Waals surface area (Å²) in [6.07, 6.45) is 7.09. The minimum atomic E-state index is -0.191. The first-order valence-electron chi connectivity index (χ1n) is 14.0. The van der Waals surface area contributed by atoms with Gasteiger partial charge in [-0.15, -0.1) is 0 Å². The van der Waals surface area contributed by atoms with Crippen LogP contribution in [0.4, 0.5) is 5.69 Å². The monoisotopic (exact) mass is 569 g/mol. The largest absolute Gasteiger partial charge is 0.324 e. The van der Waals surface area contributed by atoms with E-state index >= 15 is 0 Å². The molecule has 40 heavy (non-hydrogen) atoms. The van der Waals surface area contributed by atoms with E-state index in [0.29, 0.717) is 28.8 Å². The van der Waals surface area contributed by atoms with Crippen LogP contribution < -0.4 is 10.9 Å². The molecule has 0 unspecified atom stereocenters. The van der Waals surface area contributed by atoms with Crippen LogP contribution >= 0.6 is 23.4 Å². The SMILES string of the molecule is O=C(CSc1nc2c(c(=O)n1CCc1ccccc1)C1(CCCCC1)Cc1ccccc1-2)Nc1ccccc1Cl. The van der Waals surface area contributed by atoms with Crippen LogP contribution in [0.3, 0.4) is 0 Å². The van der Waals surface area contributed by atoms with Gasteiger partial charge in [-0.3, -0.25) is 14.2 Å². The lowest BCUT2D eigenvalue weighted by Gasteiger charge is -2.42. The van der Waals surface area contributed by atoms with Crippen molar-refractivity contribution in [2.45, 2.75) is 62.1 Å². The summed E-state index contributed by atoms with van der Waals surface area (Å²) in [7, 11) is 0. The number of aryl methyl sites for hydroxylation is 1. The summed E-state index contributed by atoms with van der Waals surface area (Å²) in [5.74, 6) is -0.0713. The summed E-state index contributed by atoms with van der Waals surface area (Å²) in [5, 5.41) is 3.96. The van der Waals surface area contributed by atoms with Crippen LogP contribution in [0.5, 0.6) is 0 Å². The molecule has 3 aromatic carbocycles. The fourth-order valence-corrected chi connectivity index (χ4v) is 7.29. The van der Waals surface area contributed by atoms with Crippen LogP contribution in [-0.2, 0) is 29.6 Å². The molecule has 0 aliphatic heterocycles. The molecule has 1 spiro atoms. The highest BCUT2D eigenvalue weighted by molar-refractivity contribution is 7.99. The molecule has 2 aliphatic rings. The summed E-state index contributed by atoms with van der Waals surface area (Å²) < 4.78 is 1.82. The second-order valence-corrected chi connectivity index (χ2v) is 12.2. The normalized spacial score (nSPS) is 15.3. The van der Waals surface area contributed by atoms with Gasteiger partial charge < -0.3 is 5.32 Å². The number of rotatable bonds is 7. The van der Waals surface area contributed by atoms with Gasteiger partial charge in [0.25, 0.3) is 5.56 Å². The number of carbonyl (C=O) groups excluding carboxylic acids is 1. The highest BCUT2D eigenvalue weighted by Gasteiger charge is 2.43. The average Bonchev–Trinajstić information content (AvgIpc) is 2.97. The fourth-order valence-electron chi connectivity index (χ4n) is 6.29. The highest BCUT2D eigenvalue weighted by atomic mass is 35.5. The molecule has 0 saturated heterocycles. The molecule has 1 saturated carbocycles. The molecular formula is C33H32ClN3O2S. The average molecular weight is 570 g/mol. The maximum absolute atomic E-state index is 14.5. The van der Waals surface area contributed by atoms with E-state index in [0.717, 1.165) is 54.5 Å². The van der Waals surface area contributed by atoms with Gasteiger partial charge in [0.05, 0.1) is 27.7 Å². The van der Waals surface area contributed by atoms with Crippen molar-refractivity contribution in [2.75, 3.05) is 11.1 Å². The van der Waals surface area contributed by atoms with Crippen molar-refractivity contribution in [3.8, 4) is 11.3 Å². The molecule has 0 atom stereocenters. The zero-order valence-corrected chi connectivity index (χ0v) is 23.9. The Hall–Kier alpha value is -3.35. The molecule has 6 rings (SSSR count). The first-order chi connectivity index (χ1) is 19.5. The van der Waals surface area contributed by atoms with Gasteiger partial charge in [0, 0.05) is 17.5 Å². The van der Waals surface area contributed by atoms with E-state index in [1.165, 1.54) is 23.7 Å². The number of aromatic nitrogens is 2. The van der Waals surface area contributed by atoms with Crippen molar-refractivity contribution in [1.29, 1.82) is 0 Å². The zero-order valence-electron chi connectivity index (χ0n) is 22.4. The molecule has 4 aromatic rings. The Labute approximate surface area is 244 Å². The van der Waals surface area contributed by atoms with Crippen LogP contribution in [0.2, 0.25) is 5.02 Å². The number of anilines is 1. The van der Waals surface area contributed by atoms with Crippen LogP contribution in [0, 0.1) is 0 Å². The zero-order chi connectivity index (χ0) is 27.5. The quantitative estimate of drug-likeness (QED) is 0.187. The molecule has 1 amide bonds. The van der Waals surface area contributed by atoms with Crippen molar-refractivity contribution in [3.63, 3.8) is 0 Å². The third-order valence-corrected chi connectivity index (χ3v) is 9.53. The Morgan fingerprint density at radius 3 is 2.48 bits per heavy atom. The molecule has 2 aliphatic carbocycles. The minimum Gasteiger partial charge on any atom is -0.324 e. The lowest BCUT2D eigenvalue weighted by Crippen LogP contribution is -2.43. The number of nitrogens with one attached hydrogen (secondary N) is 1. The molecule has 1 heterocycles. The standard InChI is InChI=1S/C33H32ClN3O2S/c34-26-15-7-8-16-27(26)35-28(38)22-40-32-36-30-25-14-6-5-13-24(25)21-33(18-9-2-10-19-33)29(30)31(39)37(32)20-17-23-11-3-1-4-12-23/h1,3-8,11-16H,2,9-10,17-22H2,(H,35,38). The van der Waals surface area contributed by atoms with Gasteiger partial charge in [-0.2, -0.15) is 0 Å². The van der Waals surface area contributed by atoms with Gasteiger partial charge in [0.2, 0.25) is 5.91 Å². The number of halogens is 1.